The van der Waals surface area contributed by atoms with Crippen molar-refractivity contribution in [1.82, 2.24) is 0 Å². The van der Waals surface area contributed by atoms with Crippen molar-refractivity contribution in [1.29, 1.82) is 0 Å². The van der Waals surface area contributed by atoms with Crippen molar-refractivity contribution in [2.75, 3.05) is 19.0 Å². The summed E-state index contributed by atoms with van der Waals surface area (Å²) in [6.45, 7) is 4.70. The summed E-state index contributed by atoms with van der Waals surface area (Å²) in [5.41, 5.74) is 6.26. The number of benzene rings is 2. The van der Waals surface area contributed by atoms with E-state index in [0.717, 1.165) is 0 Å². The molecule has 0 aliphatic heterocycles. The Hall–Kier alpha value is -2.00. The minimum Gasteiger partial charge on any atom is -0.378 e. The van der Waals surface area contributed by atoms with Crippen molar-refractivity contribution in [2.45, 2.75) is 110 Å². The Morgan fingerprint density at radius 1 is 0.767 bits per heavy atom. The molecule has 2 unspecified atom stereocenters. The Bertz CT molecular complexity index is 1150. The van der Waals surface area contributed by atoms with Gasteiger partial charge in [0.2, 0.25) is 11.0 Å². The second-order valence-electron chi connectivity index (χ2n) is 11.8. The van der Waals surface area contributed by atoms with E-state index in [0.29, 0.717) is 12.0 Å². The van der Waals surface area contributed by atoms with Crippen LogP contribution in [0.25, 0.3) is 16.3 Å². The van der Waals surface area contributed by atoms with Gasteiger partial charge >= 0.3 is 0 Å². The third kappa shape index (κ3) is 16.0. The zero-order valence-corrected chi connectivity index (χ0v) is 28.3. The van der Waals surface area contributed by atoms with Crippen LogP contribution in [0.3, 0.4) is 0 Å². The molecule has 0 amide bonds. The maximum atomic E-state index is 8.49. The van der Waals surface area contributed by atoms with Crippen LogP contribution >= 0.6 is 11.3 Å². The molecule has 240 valence electrons. The van der Waals surface area contributed by atoms with Crippen molar-refractivity contribution in [2.24, 2.45) is 5.92 Å². The fourth-order valence-electron chi connectivity index (χ4n) is 5.50. The summed E-state index contributed by atoms with van der Waals surface area (Å²) >= 11 is 1.87. The number of thiazole rings is 1. The SMILES string of the molecule is CCCCCCCCCCCCCCCC(C(C)C=Cc1ccc(N(C)C)cc1)[n+]1csc2ccccc21.[O-][Cl+3]([O-])([O-])[O-]. The minimum atomic E-state index is -4.94. The Kier molecular flexibility index (Phi) is 18.0. The number of para-hydroxylation sites is 1. The van der Waals surface area contributed by atoms with Crippen LogP contribution in [-0.4, -0.2) is 14.1 Å². The minimum absolute atomic E-state index is 0.476. The van der Waals surface area contributed by atoms with Gasteiger partial charge in [-0.25, -0.2) is 18.6 Å². The molecule has 1 aromatic heterocycles. The van der Waals surface area contributed by atoms with E-state index in [1.807, 2.05) is 11.3 Å². The van der Waals surface area contributed by atoms with Gasteiger partial charge in [0.25, 0.3) is 0 Å². The summed E-state index contributed by atoms with van der Waals surface area (Å²) in [7, 11) is -0.757. The van der Waals surface area contributed by atoms with Gasteiger partial charge in [0.15, 0.2) is 6.04 Å². The molecule has 2 atom stereocenters. The fourth-order valence-corrected chi connectivity index (χ4v) is 6.45. The summed E-state index contributed by atoms with van der Waals surface area (Å²) < 4.78 is 37.9. The molecule has 1 heterocycles. The molecule has 0 aliphatic carbocycles. The van der Waals surface area contributed by atoms with Crippen molar-refractivity contribution in [3.8, 4) is 0 Å². The van der Waals surface area contributed by atoms with Crippen molar-refractivity contribution in [3.05, 3.63) is 65.7 Å². The molecule has 0 saturated carbocycles. The third-order valence-corrected chi connectivity index (χ3v) is 8.94. The number of allylic oxidation sites excluding steroid dienone is 1. The average molecular weight is 633 g/mol. The predicted molar refractivity (Wildman–Crippen MR) is 170 cm³/mol. The molecular weight excluding hydrogens is 580 g/mol. The summed E-state index contributed by atoms with van der Waals surface area (Å²) in [4.78, 5) is 2.15. The first kappa shape index (κ1) is 37.2. The first-order chi connectivity index (χ1) is 20.6. The topological polar surface area (TPSA) is 99.4 Å². The van der Waals surface area contributed by atoms with Gasteiger partial charge in [0.1, 0.15) is 4.70 Å². The number of nitrogens with zero attached hydrogens (tertiary/aromatic N) is 2. The molecule has 0 N–H and O–H groups in total. The highest BCUT2D eigenvalue weighted by Crippen LogP contribution is 2.27. The first-order valence-corrected chi connectivity index (χ1v) is 18.2. The van der Waals surface area contributed by atoms with Crippen LogP contribution in [0.2, 0.25) is 0 Å². The number of unbranched alkanes of at least 4 members (excludes halogenated alkanes) is 12. The number of hydrogen-bond donors (Lipinski definition) is 0. The van der Waals surface area contributed by atoms with Gasteiger partial charge in [-0.2, -0.15) is 4.57 Å². The highest BCUT2D eigenvalue weighted by molar-refractivity contribution is 7.16. The maximum Gasteiger partial charge on any atom is 0.226 e. The van der Waals surface area contributed by atoms with Gasteiger partial charge in [-0.1, -0.05) is 139 Å². The summed E-state index contributed by atoms with van der Waals surface area (Å²) in [6, 6.07) is 18.3. The number of fused-ring (bicyclic) bond motifs is 1. The lowest BCUT2D eigenvalue weighted by Crippen LogP contribution is -2.68. The summed E-state index contributed by atoms with van der Waals surface area (Å²) in [6.07, 6.45) is 24.3. The molecule has 2 aromatic carbocycles. The Balaban J connectivity index is 0.00000119. The van der Waals surface area contributed by atoms with Gasteiger partial charge in [0, 0.05) is 38.2 Å². The van der Waals surface area contributed by atoms with Crippen LogP contribution in [0.15, 0.2) is 60.1 Å². The number of hydrogen-bond acceptors (Lipinski definition) is 6. The smallest absolute Gasteiger partial charge is 0.226 e. The van der Waals surface area contributed by atoms with E-state index in [2.05, 4.69) is 104 Å². The third-order valence-electron chi connectivity index (χ3n) is 8.01. The molecule has 0 radical (unpaired) electrons. The van der Waals surface area contributed by atoms with Gasteiger partial charge in [-0.15, -0.1) is 10.2 Å². The Morgan fingerprint density at radius 2 is 1.28 bits per heavy atom. The second kappa shape index (κ2) is 20.9. The van der Waals surface area contributed by atoms with Crippen molar-refractivity contribution in [3.63, 3.8) is 0 Å². The van der Waals surface area contributed by atoms with Crippen molar-refractivity contribution >= 4 is 33.3 Å². The molecule has 3 rings (SSSR count). The average Bonchev–Trinajstić information content (AvgIpc) is 3.39. The summed E-state index contributed by atoms with van der Waals surface area (Å²) in [5.74, 6) is 0.476. The zero-order chi connectivity index (χ0) is 31.5. The molecule has 0 fully saturated rings. The van der Waals surface area contributed by atoms with E-state index in [9.17, 15) is 0 Å². The van der Waals surface area contributed by atoms with E-state index in [1.165, 1.54) is 111 Å². The van der Waals surface area contributed by atoms with Crippen molar-refractivity contribution < 1.29 is 33.4 Å². The Morgan fingerprint density at radius 3 is 1.81 bits per heavy atom. The Labute approximate surface area is 266 Å². The first-order valence-electron chi connectivity index (χ1n) is 16.0. The second-order valence-corrected chi connectivity index (χ2v) is 13.4. The number of aromatic nitrogens is 1. The van der Waals surface area contributed by atoms with E-state index in [4.69, 9.17) is 18.6 Å². The predicted octanol–water partition coefficient (Wildman–Crippen LogP) is 5.87. The molecule has 6 nitrogen and oxygen atoms in total. The molecule has 0 spiro atoms. The number of halogens is 1. The van der Waals surface area contributed by atoms with Crippen LogP contribution < -0.4 is 28.1 Å². The lowest BCUT2D eigenvalue weighted by Gasteiger charge is -2.17. The number of anilines is 1. The van der Waals surface area contributed by atoms with Crippen LogP contribution in [0.5, 0.6) is 0 Å². The van der Waals surface area contributed by atoms with Crippen LogP contribution in [-0.2, 0) is 0 Å². The van der Waals surface area contributed by atoms with Gasteiger partial charge < -0.3 is 4.90 Å². The van der Waals surface area contributed by atoms with E-state index < -0.39 is 10.2 Å². The van der Waals surface area contributed by atoms with Gasteiger partial charge in [-0.05, 0) is 30.2 Å². The monoisotopic (exact) mass is 632 g/mol. The lowest BCUT2D eigenvalue weighted by atomic mass is 9.94. The lowest BCUT2D eigenvalue weighted by molar-refractivity contribution is -2.00. The maximum absolute atomic E-state index is 8.49. The molecule has 8 heteroatoms. The quantitative estimate of drug-likeness (QED) is 0.122. The molecule has 3 aromatic rings. The highest BCUT2D eigenvalue weighted by Gasteiger charge is 2.27. The number of rotatable bonds is 19. The molecule has 43 heavy (non-hydrogen) atoms. The fraction of sp³-hybridized carbons (Fsp3) is 0.571. The van der Waals surface area contributed by atoms with E-state index in [-0.39, 0.29) is 0 Å². The molecule has 0 bridgehead atoms. The van der Waals surface area contributed by atoms with Crippen LogP contribution in [0.4, 0.5) is 5.69 Å². The summed E-state index contributed by atoms with van der Waals surface area (Å²) in [5, 5.41) is 0. The molecule has 0 aliphatic rings. The zero-order valence-electron chi connectivity index (χ0n) is 26.7. The molecule has 0 saturated heterocycles. The van der Waals surface area contributed by atoms with Gasteiger partial charge in [-0.3, -0.25) is 0 Å². The molecular formula is C35H53ClN2O4S. The van der Waals surface area contributed by atoms with E-state index in [1.54, 1.807) is 0 Å². The standard InChI is InChI=1S/C35H53N2S.ClHO4/c1-5-6-7-8-9-10-11-12-13-14-15-16-17-20-33(37-29-38-35-22-19-18-21-34(35)37)30(2)23-24-31-25-27-32(28-26-31)36(3)4;2-1(3,4)5/h18-19,21-30,33H,5-17,20H2,1-4H3;(H,2,3,4,5)/q+1;/p-1. The van der Waals surface area contributed by atoms with E-state index >= 15 is 0 Å². The largest absolute Gasteiger partial charge is 0.378 e. The highest BCUT2D eigenvalue weighted by atomic mass is 35.7. The normalized spacial score (nSPS) is 13.2. The van der Waals surface area contributed by atoms with Crippen LogP contribution in [0, 0.1) is 16.2 Å². The van der Waals surface area contributed by atoms with Gasteiger partial charge in [0.05, 0.1) is 0 Å². The van der Waals surface area contributed by atoms with Crippen LogP contribution in [0.1, 0.15) is 115 Å².